The van der Waals surface area contributed by atoms with Gasteiger partial charge in [-0.2, -0.15) is 0 Å². The van der Waals surface area contributed by atoms with Crippen LogP contribution in [0.4, 0.5) is 0 Å². The van der Waals surface area contributed by atoms with Gasteiger partial charge in [-0.1, -0.05) is 6.92 Å². The Morgan fingerprint density at radius 1 is 1.17 bits per heavy atom. The third-order valence-electron chi connectivity index (χ3n) is 3.57. The van der Waals surface area contributed by atoms with Crippen LogP contribution in [0.25, 0.3) is 0 Å². The predicted octanol–water partition coefficient (Wildman–Crippen LogP) is 0.146. The zero-order valence-corrected chi connectivity index (χ0v) is 14.3. The van der Waals surface area contributed by atoms with Crippen molar-refractivity contribution in [1.29, 1.82) is 0 Å². The molecule has 0 aromatic carbocycles. The minimum absolute atomic E-state index is 0. The first-order chi connectivity index (χ1) is 11.4. The topological polar surface area (TPSA) is 102 Å². The summed E-state index contributed by atoms with van der Waals surface area (Å²) in [6, 6.07) is 0. The van der Waals surface area contributed by atoms with Crippen molar-refractivity contribution in [3.05, 3.63) is 0 Å². The van der Waals surface area contributed by atoms with E-state index < -0.39 is 0 Å². The van der Waals surface area contributed by atoms with Crippen LogP contribution in [-0.4, -0.2) is 67.9 Å². The summed E-state index contributed by atoms with van der Waals surface area (Å²) in [5.41, 5.74) is 0. The van der Waals surface area contributed by atoms with Crippen molar-refractivity contribution in [3.63, 3.8) is 0 Å². The summed E-state index contributed by atoms with van der Waals surface area (Å²) in [7, 11) is 0. The number of hydrogen-bond donors (Lipinski definition) is 1. The van der Waals surface area contributed by atoms with Crippen molar-refractivity contribution in [2.45, 2.75) is 33.1 Å². The molecule has 0 bridgehead atoms. The highest BCUT2D eigenvalue weighted by molar-refractivity contribution is 6.03. The number of ether oxygens (including phenoxy) is 2. The van der Waals surface area contributed by atoms with E-state index in [-0.39, 0.29) is 50.2 Å². The molecule has 0 aliphatic carbocycles. The molecule has 1 saturated heterocycles. The molecule has 0 spiro atoms. The highest BCUT2D eigenvalue weighted by Crippen LogP contribution is 2.18. The van der Waals surface area contributed by atoms with Crippen molar-refractivity contribution in [1.82, 2.24) is 10.2 Å². The number of nitrogens with one attached hydrogen (secondary N) is 1. The third-order valence-corrected chi connectivity index (χ3v) is 3.57. The summed E-state index contributed by atoms with van der Waals surface area (Å²) in [5, 5.41) is 2.67. The van der Waals surface area contributed by atoms with Crippen LogP contribution in [-0.2, 0) is 28.7 Å². The molecule has 1 aliphatic heterocycles. The van der Waals surface area contributed by atoms with Gasteiger partial charge in [0.2, 0.25) is 17.7 Å². The number of hydrogen-bond acceptors (Lipinski definition) is 6. The normalized spacial score (nSPS) is 17.4. The van der Waals surface area contributed by atoms with Gasteiger partial charge < -0.3 is 14.8 Å². The Hall–Kier alpha value is -1.80. The molecular weight excluding hydrogens is 316 g/mol. The minimum Gasteiger partial charge on any atom is -0.379 e. The zero-order valence-electron chi connectivity index (χ0n) is 14.3. The lowest BCUT2D eigenvalue weighted by atomic mass is 10.1. The van der Waals surface area contributed by atoms with E-state index in [0.717, 1.165) is 4.90 Å². The van der Waals surface area contributed by atoms with Crippen LogP contribution in [0.15, 0.2) is 0 Å². The first-order valence-corrected chi connectivity index (χ1v) is 8.17. The quantitative estimate of drug-likeness (QED) is 0.399. The van der Waals surface area contributed by atoms with Crippen molar-refractivity contribution in [3.8, 4) is 0 Å². The number of rotatable bonds is 12. The van der Waals surface area contributed by atoms with Gasteiger partial charge in [0.15, 0.2) is 0 Å². The van der Waals surface area contributed by atoms with Crippen molar-refractivity contribution in [2.75, 3.05) is 39.5 Å². The Kier molecular flexibility index (Phi) is 9.18. The molecule has 0 aromatic rings. The molecule has 8 nitrogen and oxygen atoms in total. The molecule has 1 unspecified atom stereocenters. The van der Waals surface area contributed by atoms with Gasteiger partial charge >= 0.3 is 0 Å². The predicted molar refractivity (Wildman–Crippen MR) is 87.2 cm³/mol. The summed E-state index contributed by atoms with van der Waals surface area (Å²) in [6.07, 6.45) is 0.720. The molecule has 24 heavy (non-hydrogen) atoms. The van der Waals surface area contributed by atoms with Crippen LogP contribution < -0.4 is 5.32 Å². The molecule has 0 radical (unpaired) electrons. The number of amides is 3. The van der Waals surface area contributed by atoms with Crippen molar-refractivity contribution >= 4 is 23.5 Å². The SMILES string of the molecule is CC(=O)CCOCCOCCNC(=O)CCN1C(=O)CC(C)C1=O.[HH]. The maximum atomic E-state index is 11.7. The van der Waals surface area contributed by atoms with Crippen LogP contribution >= 0.6 is 0 Å². The molecule has 1 N–H and O–H groups in total. The zero-order chi connectivity index (χ0) is 17.9. The van der Waals surface area contributed by atoms with Crippen LogP contribution in [0.1, 0.15) is 34.5 Å². The molecule has 1 rings (SSSR count). The van der Waals surface area contributed by atoms with E-state index in [9.17, 15) is 19.2 Å². The van der Waals surface area contributed by atoms with Crippen LogP contribution in [0, 0.1) is 5.92 Å². The fraction of sp³-hybridized carbons (Fsp3) is 0.750. The average molecular weight is 344 g/mol. The smallest absolute Gasteiger partial charge is 0.232 e. The second kappa shape index (κ2) is 10.9. The number of Topliss-reactive ketones (excluding diaryl/α,β-unsaturated/α-hetero) is 1. The van der Waals surface area contributed by atoms with Crippen molar-refractivity contribution in [2.24, 2.45) is 5.92 Å². The molecule has 3 amide bonds. The number of carbonyl (C=O) groups is 4. The van der Waals surface area contributed by atoms with Gasteiger partial charge in [-0.15, -0.1) is 0 Å². The molecule has 1 heterocycles. The lowest BCUT2D eigenvalue weighted by Gasteiger charge is -2.14. The summed E-state index contributed by atoms with van der Waals surface area (Å²) < 4.78 is 10.5. The summed E-state index contributed by atoms with van der Waals surface area (Å²) in [5.74, 6) is -0.845. The van der Waals surface area contributed by atoms with E-state index in [2.05, 4.69) is 5.32 Å². The molecule has 1 aliphatic rings. The van der Waals surface area contributed by atoms with Gasteiger partial charge in [0, 0.05) is 39.7 Å². The third kappa shape index (κ3) is 7.65. The molecule has 0 saturated carbocycles. The maximum absolute atomic E-state index is 11.7. The van der Waals surface area contributed by atoms with E-state index in [4.69, 9.17) is 9.47 Å². The van der Waals surface area contributed by atoms with Crippen molar-refractivity contribution < 1.29 is 30.1 Å². The number of ketones is 1. The summed E-state index contributed by atoms with van der Waals surface area (Å²) in [4.78, 5) is 46.8. The van der Waals surface area contributed by atoms with E-state index in [1.54, 1.807) is 6.92 Å². The number of likely N-dealkylation sites (tertiary alicyclic amines) is 1. The van der Waals surface area contributed by atoms with Crippen LogP contribution in [0.2, 0.25) is 0 Å². The number of carbonyl (C=O) groups excluding carboxylic acids is 4. The van der Waals surface area contributed by atoms with Gasteiger partial charge in [-0.3, -0.25) is 24.1 Å². The number of nitrogens with zero attached hydrogens (tertiary/aromatic N) is 1. The maximum Gasteiger partial charge on any atom is 0.232 e. The van der Waals surface area contributed by atoms with E-state index in [1.807, 2.05) is 0 Å². The lowest BCUT2D eigenvalue weighted by Crippen LogP contribution is -2.35. The summed E-state index contributed by atoms with van der Waals surface area (Å²) in [6.45, 7) is 5.23. The Morgan fingerprint density at radius 2 is 1.83 bits per heavy atom. The Labute approximate surface area is 143 Å². The average Bonchev–Trinajstić information content (AvgIpc) is 2.76. The molecule has 138 valence electrons. The largest absolute Gasteiger partial charge is 0.379 e. The highest BCUT2D eigenvalue weighted by atomic mass is 16.5. The van der Waals surface area contributed by atoms with Gasteiger partial charge in [0.05, 0.1) is 26.4 Å². The van der Waals surface area contributed by atoms with E-state index in [1.165, 1.54) is 6.92 Å². The standard InChI is InChI=1S/C16H26N2O6.H2/c1-12-11-15(21)18(16(12)22)6-3-14(20)17-5-8-24-10-9-23-7-4-13(2)19;/h12H,3-11H2,1-2H3,(H,17,20);1H. The monoisotopic (exact) mass is 344 g/mol. The van der Waals surface area contributed by atoms with Crippen LogP contribution in [0.5, 0.6) is 0 Å². The summed E-state index contributed by atoms with van der Waals surface area (Å²) >= 11 is 0. The minimum atomic E-state index is -0.286. The number of imide groups is 1. The molecule has 1 atom stereocenters. The fourth-order valence-electron chi connectivity index (χ4n) is 2.19. The van der Waals surface area contributed by atoms with E-state index >= 15 is 0 Å². The van der Waals surface area contributed by atoms with Crippen LogP contribution in [0.3, 0.4) is 0 Å². The molecule has 1 fully saturated rings. The van der Waals surface area contributed by atoms with Gasteiger partial charge in [0.1, 0.15) is 5.78 Å². The Bertz CT molecular complexity index is 472. The lowest BCUT2D eigenvalue weighted by molar-refractivity contribution is -0.139. The fourth-order valence-corrected chi connectivity index (χ4v) is 2.19. The van der Waals surface area contributed by atoms with Gasteiger partial charge in [-0.05, 0) is 6.92 Å². The second-order valence-corrected chi connectivity index (χ2v) is 5.77. The first kappa shape index (κ1) is 20.2. The first-order valence-electron chi connectivity index (χ1n) is 8.17. The van der Waals surface area contributed by atoms with Gasteiger partial charge in [-0.25, -0.2) is 0 Å². The molecule has 0 aromatic heterocycles. The Morgan fingerprint density at radius 3 is 2.42 bits per heavy atom. The van der Waals surface area contributed by atoms with Gasteiger partial charge in [0.25, 0.3) is 0 Å². The Balaban J connectivity index is 0.00000576. The van der Waals surface area contributed by atoms with E-state index in [0.29, 0.717) is 39.4 Å². The highest BCUT2D eigenvalue weighted by Gasteiger charge is 2.35. The molecule has 8 heteroatoms. The second-order valence-electron chi connectivity index (χ2n) is 5.77. The molecular formula is C16H28N2O6.